The molecule has 2 atom stereocenters. The zero-order chi connectivity index (χ0) is 19.6. The van der Waals surface area contributed by atoms with E-state index in [-0.39, 0.29) is 17.6 Å². The Hall–Kier alpha value is -3.01. The van der Waals surface area contributed by atoms with Crippen molar-refractivity contribution in [1.82, 2.24) is 0 Å². The molecule has 0 aromatic heterocycles. The molecule has 1 heterocycles. The summed E-state index contributed by atoms with van der Waals surface area (Å²) in [6.07, 6.45) is 4.71. The zero-order valence-corrected chi connectivity index (χ0v) is 15.9. The van der Waals surface area contributed by atoms with Gasteiger partial charge in [-0.25, -0.2) is 0 Å². The number of ether oxygens (including phenoxy) is 1. The van der Waals surface area contributed by atoms with Crippen LogP contribution in [0.25, 0.3) is 0 Å². The molecule has 4 heteroatoms. The van der Waals surface area contributed by atoms with Crippen LogP contribution < -0.4 is 0 Å². The van der Waals surface area contributed by atoms with Gasteiger partial charge < -0.3 is 4.74 Å². The Balaban J connectivity index is 1.68. The molecule has 0 bridgehead atoms. The van der Waals surface area contributed by atoms with E-state index in [9.17, 15) is 9.59 Å². The molecule has 1 amide bonds. The number of carbonyl (C=O) groups is 2. The van der Waals surface area contributed by atoms with E-state index in [0.29, 0.717) is 18.7 Å². The van der Waals surface area contributed by atoms with Gasteiger partial charge in [0, 0.05) is 17.9 Å². The SMILES string of the molecule is C[C@]1([C@@H](CC2=CC(=O)CCC2)c2ccccc2)OC(c2ccccc2)=NC1=O. The van der Waals surface area contributed by atoms with Crippen LogP contribution >= 0.6 is 0 Å². The van der Waals surface area contributed by atoms with Crippen molar-refractivity contribution in [2.24, 2.45) is 4.99 Å². The number of amides is 1. The quantitative estimate of drug-likeness (QED) is 0.769. The highest BCUT2D eigenvalue weighted by molar-refractivity contribution is 6.09. The Morgan fingerprint density at radius 1 is 1.00 bits per heavy atom. The van der Waals surface area contributed by atoms with Crippen LogP contribution in [-0.4, -0.2) is 23.2 Å². The molecule has 0 saturated heterocycles. The maximum atomic E-state index is 13.0. The monoisotopic (exact) mass is 373 g/mol. The second-order valence-electron chi connectivity index (χ2n) is 7.59. The zero-order valence-electron chi connectivity index (χ0n) is 15.9. The molecule has 0 unspecified atom stereocenters. The Kier molecular flexibility index (Phi) is 4.95. The molecule has 0 N–H and O–H groups in total. The maximum Gasteiger partial charge on any atom is 0.293 e. The third-order valence-corrected chi connectivity index (χ3v) is 5.58. The van der Waals surface area contributed by atoms with Gasteiger partial charge in [-0.15, -0.1) is 0 Å². The molecular weight excluding hydrogens is 350 g/mol. The van der Waals surface area contributed by atoms with Crippen LogP contribution in [-0.2, 0) is 14.3 Å². The van der Waals surface area contributed by atoms with E-state index >= 15 is 0 Å². The van der Waals surface area contributed by atoms with Gasteiger partial charge in [-0.3, -0.25) is 9.59 Å². The lowest BCUT2D eigenvalue weighted by molar-refractivity contribution is -0.131. The van der Waals surface area contributed by atoms with Gasteiger partial charge in [0.25, 0.3) is 5.91 Å². The topological polar surface area (TPSA) is 55.7 Å². The van der Waals surface area contributed by atoms with E-state index in [0.717, 1.165) is 29.5 Å². The lowest BCUT2D eigenvalue weighted by Gasteiger charge is -2.33. The summed E-state index contributed by atoms with van der Waals surface area (Å²) >= 11 is 0. The smallest absolute Gasteiger partial charge is 0.293 e. The fourth-order valence-electron chi connectivity index (χ4n) is 4.00. The molecule has 1 aliphatic carbocycles. The average Bonchev–Trinajstić information content (AvgIpc) is 3.03. The summed E-state index contributed by atoms with van der Waals surface area (Å²) in [5.74, 6) is 0.0343. The van der Waals surface area contributed by atoms with E-state index in [1.54, 1.807) is 6.08 Å². The van der Waals surface area contributed by atoms with E-state index in [1.165, 1.54) is 0 Å². The third kappa shape index (κ3) is 3.55. The molecule has 142 valence electrons. The largest absolute Gasteiger partial charge is 0.460 e. The Morgan fingerprint density at radius 3 is 2.36 bits per heavy atom. The fourth-order valence-corrected chi connectivity index (χ4v) is 4.00. The van der Waals surface area contributed by atoms with Crippen molar-refractivity contribution in [1.29, 1.82) is 0 Å². The molecule has 4 rings (SSSR count). The molecule has 0 saturated carbocycles. The molecule has 0 fully saturated rings. The first-order valence-corrected chi connectivity index (χ1v) is 9.71. The molecule has 2 aromatic carbocycles. The van der Waals surface area contributed by atoms with Crippen molar-refractivity contribution in [3.63, 3.8) is 0 Å². The van der Waals surface area contributed by atoms with Gasteiger partial charge in [0.2, 0.25) is 5.90 Å². The van der Waals surface area contributed by atoms with Crippen molar-refractivity contribution < 1.29 is 14.3 Å². The Labute approximate surface area is 164 Å². The lowest BCUT2D eigenvalue weighted by Crippen LogP contribution is -2.41. The fraction of sp³-hybridized carbons (Fsp3) is 0.292. The molecule has 2 aliphatic rings. The predicted octanol–water partition coefficient (Wildman–Crippen LogP) is 4.60. The molecule has 1 aliphatic heterocycles. The number of benzene rings is 2. The standard InChI is InChI=1S/C24H23NO3/c1-24(23(27)25-22(28-24)19-12-6-3-7-13-19)21(18-10-4-2-5-11-18)16-17-9-8-14-20(26)15-17/h2-7,10-13,15,21H,8-9,14,16H2,1H3/t21-,24+/m0/s1. The van der Waals surface area contributed by atoms with Crippen LogP contribution in [0.1, 0.15) is 49.7 Å². The van der Waals surface area contributed by atoms with Crippen molar-refractivity contribution in [2.75, 3.05) is 0 Å². The molecule has 4 nitrogen and oxygen atoms in total. The van der Waals surface area contributed by atoms with Gasteiger partial charge in [-0.05, 0) is 50.0 Å². The molecular formula is C24H23NO3. The summed E-state index contributed by atoms with van der Waals surface area (Å²) in [7, 11) is 0. The number of aliphatic imine (C=N–C) groups is 1. The highest BCUT2D eigenvalue weighted by Gasteiger charge is 2.49. The van der Waals surface area contributed by atoms with Crippen LogP contribution in [0.4, 0.5) is 0 Å². The van der Waals surface area contributed by atoms with Crippen molar-refractivity contribution in [3.05, 3.63) is 83.4 Å². The molecule has 0 radical (unpaired) electrons. The van der Waals surface area contributed by atoms with E-state index < -0.39 is 5.60 Å². The van der Waals surface area contributed by atoms with Crippen LogP contribution in [0.15, 0.2) is 77.3 Å². The van der Waals surface area contributed by atoms with Crippen LogP contribution in [0, 0.1) is 0 Å². The first-order valence-electron chi connectivity index (χ1n) is 9.71. The van der Waals surface area contributed by atoms with Gasteiger partial charge >= 0.3 is 0 Å². The minimum atomic E-state index is -1.10. The van der Waals surface area contributed by atoms with Crippen LogP contribution in [0.5, 0.6) is 0 Å². The second kappa shape index (κ2) is 7.55. The molecule has 2 aromatic rings. The van der Waals surface area contributed by atoms with Crippen LogP contribution in [0.3, 0.4) is 0 Å². The minimum Gasteiger partial charge on any atom is -0.460 e. The van der Waals surface area contributed by atoms with Gasteiger partial charge in [-0.1, -0.05) is 54.1 Å². The third-order valence-electron chi connectivity index (χ3n) is 5.58. The molecule has 0 spiro atoms. The van der Waals surface area contributed by atoms with Crippen LogP contribution in [0.2, 0.25) is 0 Å². The first-order chi connectivity index (χ1) is 13.6. The highest BCUT2D eigenvalue weighted by Crippen LogP contribution is 2.42. The lowest BCUT2D eigenvalue weighted by atomic mass is 9.77. The maximum absolute atomic E-state index is 13.0. The minimum absolute atomic E-state index is 0.165. The predicted molar refractivity (Wildman–Crippen MR) is 108 cm³/mol. The van der Waals surface area contributed by atoms with E-state index in [2.05, 4.69) is 4.99 Å². The number of hydrogen-bond donors (Lipinski definition) is 0. The second-order valence-corrected chi connectivity index (χ2v) is 7.59. The number of hydrogen-bond acceptors (Lipinski definition) is 3. The number of rotatable bonds is 5. The summed E-state index contributed by atoms with van der Waals surface area (Å²) in [5, 5.41) is 0. The van der Waals surface area contributed by atoms with E-state index in [4.69, 9.17) is 4.74 Å². The number of nitrogens with zero attached hydrogens (tertiary/aromatic N) is 1. The molecule has 28 heavy (non-hydrogen) atoms. The average molecular weight is 373 g/mol. The van der Waals surface area contributed by atoms with Gasteiger partial charge in [-0.2, -0.15) is 4.99 Å². The summed E-state index contributed by atoms with van der Waals surface area (Å²) in [5.41, 5.74) is 1.78. The number of carbonyl (C=O) groups excluding carboxylic acids is 2. The highest BCUT2D eigenvalue weighted by atomic mass is 16.5. The number of allylic oxidation sites excluding steroid dienone is 2. The summed E-state index contributed by atoms with van der Waals surface area (Å²) in [4.78, 5) is 29.1. The summed E-state index contributed by atoms with van der Waals surface area (Å²) in [6.45, 7) is 1.82. The van der Waals surface area contributed by atoms with Gasteiger partial charge in [0.15, 0.2) is 11.4 Å². The van der Waals surface area contributed by atoms with E-state index in [1.807, 2.05) is 67.6 Å². The van der Waals surface area contributed by atoms with Crippen molar-refractivity contribution in [2.45, 2.75) is 44.1 Å². The Bertz CT molecular complexity index is 946. The normalized spacial score (nSPS) is 23.0. The first kappa shape index (κ1) is 18.4. The van der Waals surface area contributed by atoms with Crippen molar-refractivity contribution in [3.8, 4) is 0 Å². The van der Waals surface area contributed by atoms with Crippen molar-refractivity contribution >= 4 is 17.6 Å². The number of ketones is 1. The van der Waals surface area contributed by atoms with Gasteiger partial charge in [0.1, 0.15) is 0 Å². The summed E-state index contributed by atoms with van der Waals surface area (Å²) < 4.78 is 6.22. The Morgan fingerprint density at radius 2 is 1.68 bits per heavy atom. The van der Waals surface area contributed by atoms with Gasteiger partial charge in [0.05, 0.1) is 0 Å². The summed E-state index contributed by atoms with van der Waals surface area (Å²) in [6, 6.07) is 19.4.